The zero-order valence-corrected chi connectivity index (χ0v) is 25.2. The van der Waals surface area contributed by atoms with Crippen molar-refractivity contribution in [1.29, 1.82) is 0 Å². The molecule has 2 aliphatic rings. The second-order valence-electron chi connectivity index (χ2n) is 8.96. The number of halogens is 4. The zero-order chi connectivity index (χ0) is 25.7. The number of ether oxygens (including phenoxy) is 2. The second kappa shape index (κ2) is 9.81. The van der Waals surface area contributed by atoms with E-state index in [4.69, 9.17) is 32.7 Å². The molecule has 0 saturated heterocycles. The molecule has 6 rings (SSSR count). The maximum absolute atomic E-state index is 7.14. The van der Waals surface area contributed by atoms with Gasteiger partial charge in [-0.2, -0.15) is 0 Å². The van der Waals surface area contributed by atoms with Gasteiger partial charge in [-0.05, 0) is 80.6 Å². The van der Waals surface area contributed by atoms with E-state index in [0.717, 1.165) is 29.4 Å². The highest BCUT2D eigenvalue weighted by Gasteiger charge is 2.60. The molecule has 0 fully saturated rings. The first-order chi connectivity index (χ1) is 17.9. The van der Waals surface area contributed by atoms with E-state index in [2.05, 4.69) is 81.6 Å². The molecule has 4 aromatic rings. The van der Waals surface area contributed by atoms with Gasteiger partial charge in [0, 0.05) is 28.3 Å². The molecule has 0 N–H and O–H groups in total. The lowest BCUT2D eigenvalue weighted by Gasteiger charge is -2.38. The Hall–Kier alpha value is -1.68. The standard InChI is InChI=1S/C31H20Cl2I2O2/c32-25-17-9-7-15-23(25)30(21-11-3-1-4-12-21)27(34)19-29(36-30)20-28(35)31(37-29,22-13-5-2-6-14-22)24-16-8-10-18-26(24)33/h1-20H/t29?,30-,31-/m1/s1. The highest BCUT2D eigenvalue weighted by atomic mass is 127. The summed E-state index contributed by atoms with van der Waals surface area (Å²) in [5, 5.41) is 1.26. The van der Waals surface area contributed by atoms with E-state index in [0.29, 0.717) is 10.0 Å². The van der Waals surface area contributed by atoms with Crippen LogP contribution in [0.25, 0.3) is 0 Å². The Bertz CT molecular complexity index is 1420. The second-order valence-corrected chi connectivity index (χ2v) is 12.1. The predicted molar refractivity (Wildman–Crippen MR) is 166 cm³/mol. The van der Waals surface area contributed by atoms with Crippen molar-refractivity contribution in [2.75, 3.05) is 0 Å². The summed E-state index contributed by atoms with van der Waals surface area (Å²) in [6.07, 6.45) is 4.12. The largest absolute Gasteiger partial charge is 0.321 e. The molecule has 1 spiro atoms. The Morgan fingerprint density at radius 3 is 1.22 bits per heavy atom. The van der Waals surface area contributed by atoms with Crippen molar-refractivity contribution in [2.24, 2.45) is 0 Å². The lowest BCUT2D eigenvalue weighted by atomic mass is 9.86. The van der Waals surface area contributed by atoms with Crippen molar-refractivity contribution in [3.8, 4) is 0 Å². The quantitative estimate of drug-likeness (QED) is 0.194. The first-order valence-electron chi connectivity index (χ1n) is 11.7. The van der Waals surface area contributed by atoms with Crippen LogP contribution < -0.4 is 0 Å². The van der Waals surface area contributed by atoms with Crippen molar-refractivity contribution in [3.05, 3.63) is 161 Å². The van der Waals surface area contributed by atoms with Crippen molar-refractivity contribution in [2.45, 2.75) is 17.0 Å². The van der Waals surface area contributed by atoms with Crippen molar-refractivity contribution < 1.29 is 9.47 Å². The number of rotatable bonds is 4. The van der Waals surface area contributed by atoms with Crippen LogP contribution in [0.1, 0.15) is 22.3 Å². The molecule has 0 radical (unpaired) electrons. The molecular weight excluding hydrogens is 729 g/mol. The van der Waals surface area contributed by atoms with Crippen LogP contribution in [-0.4, -0.2) is 5.79 Å². The van der Waals surface area contributed by atoms with E-state index in [9.17, 15) is 0 Å². The fraction of sp³-hybridized carbons (Fsp3) is 0.0968. The highest BCUT2D eigenvalue weighted by molar-refractivity contribution is 14.1. The Morgan fingerprint density at radius 2 is 0.838 bits per heavy atom. The van der Waals surface area contributed by atoms with Gasteiger partial charge in [0.25, 0.3) is 0 Å². The van der Waals surface area contributed by atoms with Gasteiger partial charge >= 0.3 is 0 Å². The van der Waals surface area contributed by atoms with Gasteiger partial charge in [0.05, 0.1) is 0 Å². The molecule has 6 heteroatoms. The van der Waals surface area contributed by atoms with Crippen LogP contribution in [-0.2, 0) is 20.7 Å². The van der Waals surface area contributed by atoms with E-state index in [1.165, 1.54) is 0 Å². The monoisotopic (exact) mass is 748 g/mol. The van der Waals surface area contributed by atoms with Gasteiger partial charge in [0.15, 0.2) is 11.2 Å². The summed E-state index contributed by atoms with van der Waals surface area (Å²) < 4.78 is 16.2. The number of hydrogen-bond acceptors (Lipinski definition) is 2. The van der Waals surface area contributed by atoms with Crippen LogP contribution >= 0.6 is 68.4 Å². The molecule has 0 bridgehead atoms. The van der Waals surface area contributed by atoms with Crippen LogP contribution in [0.3, 0.4) is 0 Å². The lowest BCUT2D eigenvalue weighted by Crippen LogP contribution is -2.40. The first-order valence-corrected chi connectivity index (χ1v) is 14.6. The molecule has 2 atom stereocenters. The highest BCUT2D eigenvalue weighted by Crippen LogP contribution is 2.61. The van der Waals surface area contributed by atoms with E-state index in [1.54, 1.807) is 0 Å². The summed E-state index contributed by atoms with van der Waals surface area (Å²) in [6, 6.07) is 36.0. The number of hydrogen-bond donors (Lipinski definition) is 0. The van der Waals surface area contributed by atoms with Gasteiger partial charge < -0.3 is 9.47 Å². The van der Waals surface area contributed by atoms with E-state index in [-0.39, 0.29) is 0 Å². The third-order valence-corrected chi connectivity index (χ3v) is 9.62. The van der Waals surface area contributed by atoms with Crippen molar-refractivity contribution >= 4 is 68.4 Å². The van der Waals surface area contributed by atoms with Crippen LogP contribution in [0.5, 0.6) is 0 Å². The summed E-state index contributed by atoms with van der Waals surface area (Å²) in [4.78, 5) is 0. The smallest absolute Gasteiger partial charge is 0.213 e. The van der Waals surface area contributed by atoms with Gasteiger partial charge in [-0.15, -0.1) is 0 Å². The average Bonchev–Trinajstić information content (AvgIpc) is 3.37. The summed E-state index contributed by atoms with van der Waals surface area (Å²) in [6.45, 7) is 0. The van der Waals surface area contributed by atoms with Gasteiger partial charge in [0.2, 0.25) is 5.79 Å². The predicted octanol–water partition coefficient (Wildman–Crippen LogP) is 9.58. The average molecular weight is 749 g/mol. The third kappa shape index (κ3) is 4.03. The summed E-state index contributed by atoms with van der Waals surface area (Å²) >= 11 is 18.4. The van der Waals surface area contributed by atoms with Crippen LogP contribution in [0.15, 0.2) is 129 Å². The number of benzene rings is 4. The Balaban J connectivity index is 1.56. The Morgan fingerprint density at radius 1 is 0.486 bits per heavy atom. The maximum Gasteiger partial charge on any atom is 0.213 e. The van der Waals surface area contributed by atoms with Crippen molar-refractivity contribution in [3.63, 3.8) is 0 Å². The van der Waals surface area contributed by atoms with E-state index in [1.807, 2.05) is 84.9 Å². The Kier molecular flexibility index (Phi) is 6.79. The van der Waals surface area contributed by atoms with Crippen LogP contribution in [0.2, 0.25) is 10.0 Å². The molecule has 0 unspecified atom stereocenters. The van der Waals surface area contributed by atoms with Gasteiger partial charge in [0.1, 0.15) is 0 Å². The van der Waals surface area contributed by atoms with Gasteiger partial charge in [-0.1, -0.05) is 120 Å². The SMILES string of the molecule is Clc1ccccc1[C@@]1(c2ccccc2)OC2(C=C1I)C=C(I)[C@@](c1ccccc1)(c1ccccc1Cl)O2. The summed E-state index contributed by atoms with van der Waals surface area (Å²) in [5.74, 6) is -1.16. The van der Waals surface area contributed by atoms with Crippen LogP contribution in [0.4, 0.5) is 0 Å². The Labute approximate surface area is 253 Å². The fourth-order valence-electron chi connectivity index (χ4n) is 5.22. The molecule has 2 aliphatic heterocycles. The molecule has 0 aromatic heterocycles. The van der Waals surface area contributed by atoms with Gasteiger partial charge in [-0.25, -0.2) is 0 Å². The zero-order valence-electron chi connectivity index (χ0n) is 19.4. The van der Waals surface area contributed by atoms with E-state index >= 15 is 0 Å². The molecule has 4 aromatic carbocycles. The fourth-order valence-corrected chi connectivity index (χ4v) is 8.05. The minimum absolute atomic E-state index is 0.628. The topological polar surface area (TPSA) is 18.5 Å². The normalized spacial score (nSPS) is 24.2. The molecule has 2 nitrogen and oxygen atoms in total. The van der Waals surface area contributed by atoms with E-state index < -0.39 is 17.0 Å². The molecule has 2 heterocycles. The third-order valence-electron chi connectivity index (χ3n) is 6.82. The molecular formula is C31H20Cl2I2O2. The molecule has 0 aliphatic carbocycles. The molecule has 0 amide bonds. The molecule has 37 heavy (non-hydrogen) atoms. The summed E-state index contributed by atoms with van der Waals surface area (Å²) in [7, 11) is 0. The lowest BCUT2D eigenvalue weighted by molar-refractivity contribution is -0.223. The first kappa shape index (κ1) is 25.6. The summed E-state index contributed by atoms with van der Waals surface area (Å²) in [5.41, 5.74) is 1.79. The van der Waals surface area contributed by atoms with Crippen molar-refractivity contribution in [1.82, 2.24) is 0 Å². The molecule has 184 valence electrons. The maximum atomic E-state index is 7.14. The van der Waals surface area contributed by atoms with Crippen LogP contribution in [0, 0.1) is 0 Å². The van der Waals surface area contributed by atoms with Gasteiger partial charge in [-0.3, -0.25) is 0 Å². The minimum atomic E-state index is -1.16. The molecule has 0 saturated carbocycles. The minimum Gasteiger partial charge on any atom is -0.321 e.